The molecule has 3 aromatic rings. The number of methoxy groups -OCH3 is 1. The largest absolute Gasteiger partial charge is 0.497 e. The molecule has 0 spiro atoms. The number of hydrogen-bond donors (Lipinski definition) is 3. The Kier molecular flexibility index (Phi) is 7.58. The molecule has 184 valence electrons. The smallest absolute Gasteiger partial charge is 0.268 e. The van der Waals surface area contributed by atoms with E-state index < -0.39 is 12.2 Å². The minimum atomic E-state index is -1.02. The number of hydrogen-bond acceptors (Lipinski definition) is 6. The molecule has 2 unspecified atom stereocenters. The molecule has 0 saturated carbocycles. The van der Waals surface area contributed by atoms with Gasteiger partial charge in [0.15, 0.2) is 0 Å². The summed E-state index contributed by atoms with van der Waals surface area (Å²) in [6.07, 6.45) is -1.29. The highest BCUT2D eigenvalue weighted by Crippen LogP contribution is 2.34. The van der Waals surface area contributed by atoms with Crippen molar-refractivity contribution in [1.82, 2.24) is 5.32 Å². The number of rotatable bonds is 10. The predicted octanol–water partition coefficient (Wildman–Crippen LogP) is 3.95. The molecular weight excluding hydrogens is 444 g/mol. The molecule has 1 aliphatic rings. The number of carbonyl (C=O) groups is 1. The third-order valence-electron chi connectivity index (χ3n) is 5.91. The number of benzene rings is 3. The van der Waals surface area contributed by atoms with E-state index in [2.05, 4.69) is 24.5 Å². The number of carbonyl (C=O) groups excluding carboxylic acids is 1. The first-order valence-corrected chi connectivity index (χ1v) is 11.7. The number of nitrogens with one attached hydrogen (secondary N) is 2. The fourth-order valence-electron chi connectivity index (χ4n) is 3.99. The number of aliphatic hydroxyl groups is 1. The van der Waals surface area contributed by atoms with E-state index >= 15 is 0 Å². The van der Waals surface area contributed by atoms with Crippen LogP contribution in [0.2, 0.25) is 0 Å². The topological polar surface area (TPSA) is 89.1 Å². The lowest BCUT2D eigenvalue weighted by molar-refractivity contribution is -0.128. The molecule has 4 rings (SSSR count). The monoisotopic (exact) mass is 476 g/mol. The Morgan fingerprint density at radius 1 is 1.03 bits per heavy atom. The molecule has 1 heterocycles. The Hall–Kier alpha value is -3.55. The van der Waals surface area contributed by atoms with Gasteiger partial charge in [-0.1, -0.05) is 42.5 Å². The van der Waals surface area contributed by atoms with Crippen LogP contribution in [0.1, 0.15) is 25.0 Å². The molecule has 0 aromatic heterocycles. The Morgan fingerprint density at radius 3 is 2.46 bits per heavy atom. The van der Waals surface area contributed by atoms with Crippen molar-refractivity contribution in [2.45, 2.75) is 44.6 Å². The second kappa shape index (κ2) is 10.8. The molecule has 0 aliphatic carbocycles. The second-order valence-corrected chi connectivity index (χ2v) is 9.32. The van der Waals surface area contributed by atoms with Crippen LogP contribution in [-0.2, 0) is 17.8 Å². The summed E-state index contributed by atoms with van der Waals surface area (Å²) in [4.78, 5) is 12.7. The molecular formula is C28H32N2O5. The molecule has 35 heavy (non-hydrogen) atoms. The van der Waals surface area contributed by atoms with Gasteiger partial charge in [-0.05, 0) is 55.7 Å². The van der Waals surface area contributed by atoms with Crippen LogP contribution >= 0.6 is 0 Å². The van der Waals surface area contributed by atoms with Crippen molar-refractivity contribution in [3.63, 3.8) is 0 Å². The number of anilines is 1. The first-order chi connectivity index (χ1) is 16.8. The van der Waals surface area contributed by atoms with E-state index in [0.29, 0.717) is 23.8 Å². The second-order valence-electron chi connectivity index (χ2n) is 9.32. The summed E-state index contributed by atoms with van der Waals surface area (Å²) in [5.74, 6) is 1.54. The van der Waals surface area contributed by atoms with Crippen molar-refractivity contribution in [3.8, 4) is 17.2 Å². The van der Waals surface area contributed by atoms with Gasteiger partial charge in [-0.3, -0.25) is 4.79 Å². The van der Waals surface area contributed by atoms with Crippen molar-refractivity contribution < 1.29 is 24.1 Å². The zero-order valence-corrected chi connectivity index (χ0v) is 20.3. The fraction of sp³-hybridized carbons (Fsp3) is 0.321. The first kappa shape index (κ1) is 24.6. The minimum Gasteiger partial charge on any atom is -0.497 e. The maximum Gasteiger partial charge on any atom is 0.268 e. The van der Waals surface area contributed by atoms with Crippen molar-refractivity contribution in [1.29, 1.82) is 0 Å². The van der Waals surface area contributed by atoms with Crippen LogP contribution in [0.25, 0.3) is 0 Å². The molecule has 1 amide bonds. The van der Waals surface area contributed by atoms with Gasteiger partial charge in [-0.2, -0.15) is 0 Å². The van der Waals surface area contributed by atoms with Gasteiger partial charge >= 0.3 is 0 Å². The molecule has 0 radical (unpaired) electrons. The molecule has 1 aliphatic heterocycles. The van der Waals surface area contributed by atoms with Crippen molar-refractivity contribution in [3.05, 3.63) is 83.9 Å². The average molecular weight is 477 g/mol. The summed E-state index contributed by atoms with van der Waals surface area (Å²) in [5, 5.41) is 16.9. The van der Waals surface area contributed by atoms with Crippen LogP contribution in [0.15, 0.2) is 72.8 Å². The number of β-amino-alcohol motifs (C(OH)–C–C–N with tert-alkyl or cyclic N) is 1. The number of ether oxygens (including phenoxy) is 3. The lowest BCUT2D eigenvalue weighted by Gasteiger charge is -2.32. The summed E-state index contributed by atoms with van der Waals surface area (Å²) in [7, 11) is 1.64. The molecule has 0 bridgehead atoms. The normalized spacial score (nSPS) is 16.0. The standard InChI is InChI=1S/C28H32N2O5/c1-28(2,16-19-9-11-21(33-3)12-10-19)29-17-24(31)26-27(32)30-23-15-22(13-14-25(23)35-26)34-18-20-7-5-4-6-8-20/h4-15,24,26,29,31H,16-18H2,1-3H3,(H,30,32). The highest BCUT2D eigenvalue weighted by Gasteiger charge is 2.35. The Labute approximate surface area is 206 Å². The first-order valence-electron chi connectivity index (χ1n) is 11.7. The Morgan fingerprint density at radius 2 is 1.74 bits per heavy atom. The fourth-order valence-corrected chi connectivity index (χ4v) is 3.99. The maximum absolute atomic E-state index is 12.7. The number of aliphatic hydroxyl groups excluding tert-OH is 1. The van der Waals surface area contributed by atoms with Crippen LogP contribution in [0.5, 0.6) is 17.2 Å². The summed E-state index contributed by atoms with van der Waals surface area (Å²) < 4.78 is 16.9. The molecule has 7 heteroatoms. The van der Waals surface area contributed by atoms with E-state index in [-0.39, 0.29) is 18.0 Å². The predicted molar refractivity (Wildman–Crippen MR) is 135 cm³/mol. The van der Waals surface area contributed by atoms with Gasteiger partial charge in [0.05, 0.1) is 12.8 Å². The molecule has 2 atom stereocenters. The third-order valence-corrected chi connectivity index (χ3v) is 5.91. The van der Waals surface area contributed by atoms with Crippen LogP contribution in [0.3, 0.4) is 0 Å². The number of fused-ring (bicyclic) bond motifs is 1. The van der Waals surface area contributed by atoms with Gasteiger partial charge in [-0.15, -0.1) is 0 Å². The Bertz CT molecular complexity index is 1130. The minimum absolute atomic E-state index is 0.203. The molecule has 3 aromatic carbocycles. The summed E-state index contributed by atoms with van der Waals surface area (Å²) in [6.45, 7) is 4.73. The third kappa shape index (κ3) is 6.53. The zero-order chi connectivity index (χ0) is 24.8. The van der Waals surface area contributed by atoms with Crippen LogP contribution in [-0.4, -0.2) is 42.4 Å². The van der Waals surface area contributed by atoms with Gasteiger partial charge in [0.2, 0.25) is 6.10 Å². The van der Waals surface area contributed by atoms with Crippen molar-refractivity contribution in [2.75, 3.05) is 19.0 Å². The summed E-state index contributed by atoms with van der Waals surface area (Å²) in [6, 6.07) is 23.0. The van der Waals surface area contributed by atoms with Gasteiger partial charge in [0.25, 0.3) is 5.91 Å². The molecule has 7 nitrogen and oxygen atoms in total. The van der Waals surface area contributed by atoms with Crippen LogP contribution in [0, 0.1) is 0 Å². The van der Waals surface area contributed by atoms with Crippen LogP contribution < -0.4 is 24.8 Å². The van der Waals surface area contributed by atoms with Crippen molar-refractivity contribution >= 4 is 11.6 Å². The summed E-state index contributed by atoms with van der Waals surface area (Å²) in [5.41, 5.74) is 2.42. The SMILES string of the molecule is COc1ccc(CC(C)(C)NCC(O)C2Oc3ccc(OCc4ccccc4)cc3NC2=O)cc1. The van der Waals surface area contributed by atoms with Crippen LogP contribution in [0.4, 0.5) is 5.69 Å². The lowest BCUT2D eigenvalue weighted by Crippen LogP contribution is -2.53. The van der Waals surface area contributed by atoms with Gasteiger partial charge in [0, 0.05) is 18.2 Å². The maximum atomic E-state index is 12.7. The quantitative estimate of drug-likeness (QED) is 0.411. The number of amides is 1. The lowest BCUT2D eigenvalue weighted by atomic mass is 9.94. The van der Waals surface area contributed by atoms with E-state index in [0.717, 1.165) is 23.3 Å². The Balaban J connectivity index is 1.32. The molecule has 0 fully saturated rings. The molecule has 3 N–H and O–H groups in total. The highest BCUT2D eigenvalue weighted by molar-refractivity contribution is 5.98. The highest BCUT2D eigenvalue weighted by atomic mass is 16.5. The van der Waals surface area contributed by atoms with E-state index in [4.69, 9.17) is 14.2 Å². The van der Waals surface area contributed by atoms with E-state index in [1.165, 1.54) is 0 Å². The average Bonchev–Trinajstić information content (AvgIpc) is 2.86. The van der Waals surface area contributed by atoms with Gasteiger partial charge in [0.1, 0.15) is 30.0 Å². The van der Waals surface area contributed by atoms with E-state index in [1.54, 1.807) is 25.3 Å². The molecule has 0 saturated heterocycles. The van der Waals surface area contributed by atoms with E-state index in [9.17, 15) is 9.90 Å². The van der Waals surface area contributed by atoms with Gasteiger partial charge < -0.3 is 30.0 Å². The van der Waals surface area contributed by atoms with Crippen molar-refractivity contribution in [2.24, 2.45) is 0 Å². The van der Waals surface area contributed by atoms with Gasteiger partial charge in [-0.25, -0.2) is 0 Å². The zero-order valence-electron chi connectivity index (χ0n) is 20.3. The van der Waals surface area contributed by atoms with E-state index in [1.807, 2.05) is 54.6 Å². The summed E-state index contributed by atoms with van der Waals surface area (Å²) >= 11 is 0.